The normalized spacial score (nSPS) is 8.91. The fraction of sp³-hybridized carbons (Fsp3) is 0.667. The summed E-state index contributed by atoms with van der Waals surface area (Å²) in [4.78, 5) is 20.7. The quantitative estimate of drug-likeness (QED) is 0.349. The van der Waals surface area contributed by atoms with Crippen LogP contribution in [0.3, 0.4) is 0 Å². The number of rotatable bonds is 4. The summed E-state index contributed by atoms with van der Waals surface area (Å²) >= 11 is 3.70. The van der Waals surface area contributed by atoms with Gasteiger partial charge in [0.15, 0.2) is 0 Å². The zero-order chi connectivity index (χ0) is 8.69. The largest absolute Gasteiger partial charge is 0.463 e. The number of carbonyl (C=O) groups is 2. The molecule has 0 radical (unpaired) electrons. The van der Waals surface area contributed by atoms with Gasteiger partial charge in [-0.3, -0.25) is 9.59 Å². The summed E-state index contributed by atoms with van der Waals surface area (Å²) in [7, 11) is 0. The van der Waals surface area contributed by atoms with Crippen LogP contribution in [0.5, 0.6) is 0 Å². The molecule has 0 aromatic heterocycles. The first-order chi connectivity index (χ1) is 5.16. The molecule has 0 saturated carbocycles. The molecule has 0 aliphatic carbocycles. The topological polar surface area (TPSA) is 55.4 Å². The van der Waals surface area contributed by atoms with E-state index in [1.165, 1.54) is 6.92 Å². The Labute approximate surface area is 70.7 Å². The lowest BCUT2D eigenvalue weighted by atomic mass is 10.6. The predicted octanol–water partition coefficient (Wildman–Crippen LogP) is -0.404. The van der Waals surface area contributed by atoms with Crippen molar-refractivity contribution in [2.24, 2.45) is 0 Å². The van der Waals surface area contributed by atoms with Gasteiger partial charge in [0.1, 0.15) is 6.61 Å². The first kappa shape index (κ1) is 10.3. The van der Waals surface area contributed by atoms with Crippen molar-refractivity contribution in [1.82, 2.24) is 5.32 Å². The second-order valence-corrected chi connectivity index (χ2v) is 2.18. The molecule has 0 aliphatic heterocycles. The molecule has 0 aromatic carbocycles. The van der Waals surface area contributed by atoms with Crippen LogP contribution in [0.2, 0.25) is 0 Å². The zero-order valence-electron chi connectivity index (χ0n) is 6.29. The van der Waals surface area contributed by atoms with Gasteiger partial charge in [0.2, 0.25) is 5.91 Å². The lowest BCUT2D eigenvalue weighted by Gasteiger charge is -2.02. The highest BCUT2D eigenvalue weighted by molar-refractivity contribution is 7.81. The molecule has 1 N–H and O–H groups in total. The third-order valence-corrected chi connectivity index (χ3v) is 1.13. The minimum Gasteiger partial charge on any atom is -0.463 e. The second-order valence-electron chi connectivity index (χ2n) is 1.86. The Morgan fingerprint density at radius 2 is 2.18 bits per heavy atom. The van der Waals surface area contributed by atoms with Crippen LogP contribution in [-0.2, 0) is 14.3 Å². The van der Waals surface area contributed by atoms with E-state index >= 15 is 0 Å². The number of carbonyl (C=O) groups excluding carboxylic acids is 2. The molecule has 1 amide bonds. The highest BCUT2D eigenvalue weighted by atomic mass is 32.1. The Bertz CT molecular complexity index is 149. The first-order valence-electron chi connectivity index (χ1n) is 3.17. The number of hydrogen-bond donors (Lipinski definition) is 2. The third-order valence-electron chi connectivity index (χ3n) is 0.868. The van der Waals surface area contributed by atoms with E-state index in [4.69, 9.17) is 0 Å². The standard InChI is InChI=1S/C6H11NO3S/c1-5(8)7-2-3-10-6(9)4-11/h11H,2-4H2,1H3,(H,7,8). The molecule has 11 heavy (non-hydrogen) atoms. The minimum absolute atomic E-state index is 0.0695. The molecule has 5 heteroatoms. The van der Waals surface area contributed by atoms with E-state index < -0.39 is 0 Å². The Kier molecular flexibility index (Phi) is 5.64. The van der Waals surface area contributed by atoms with Crippen LogP contribution in [0.1, 0.15) is 6.92 Å². The van der Waals surface area contributed by atoms with Crippen molar-refractivity contribution in [3.8, 4) is 0 Å². The van der Waals surface area contributed by atoms with Crippen molar-refractivity contribution in [1.29, 1.82) is 0 Å². The Hall–Kier alpha value is -0.710. The van der Waals surface area contributed by atoms with Gasteiger partial charge in [-0.25, -0.2) is 0 Å². The van der Waals surface area contributed by atoms with Gasteiger partial charge < -0.3 is 10.1 Å². The Balaban J connectivity index is 3.14. The van der Waals surface area contributed by atoms with Gasteiger partial charge in [-0.15, -0.1) is 0 Å². The number of hydrogen-bond acceptors (Lipinski definition) is 4. The van der Waals surface area contributed by atoms with E-state index in [1.807, 2.05) is 0 Å². The van der Waals surface area contributed by atoms with Gasteiger partial charge >= 0.3 is 5.97 Å². The van der Waals surface area contributed by atoms with E-state index in [0.717, 1.165) is 0 Å². The average Bonchev–Trinajstić information content (AvgIpc) is 1.97. The van der Waals surface area contributed by atoms with Crippen LogP contribution < -0.4 is 5.32 Å². The SMILES string of the molecule is CC(=O)NCCOC(=O)CS. The molecule has 0 heterocycles. The number of thiol groups is 1. The van der Waals surface area contributed by atoms with Crippen molar-refractivity contribution < 1.29 is 14.3 Å². The van der Waals surface area contributed by atoms with E-state index in [2.05, 4.69) is 22.7 Å². The summed E-state index contributed by atoms with van der Waals surface area (Å²) in [6.07, 6.45) is 0. The molecule has 0 aromatic rings. The van der Waals surface area contributed by atoms with Crippen molar-refractivity contribution in [2.75, 3.05) is 18.9 Å². The van der Waals surface area contributed by atoms with Crippen LogP contribution >= 0.6 is 12.6 Å². The highest BCUT2D eigenvalue weighted by Crippen LogP contribution is 1.80. The Morgan fingerprint density at radius 1 is 1.55 bits per heavy atom. The molecule has 64 valence electrons. The van der Waals surface area contributed by atoms with Gasteiger partial charge in [-0.2, -0.15) is 12.6 Å². The fourth-order valence-electron chi connectivity index (χ4n) is 0.438. The Morgan fingerprint density at radius 3 is 2.64 bits per heavy atom. The molecule has 0 atom stereocenters. The highest BCUT2D eigenvalue weighted by Gasteiger charge is 1.97. The number of nitrogens with one attached hydrogen (secondary N) is 1. The van der Waals surface area contributed by atoms with Crippen LogP contribution in [0.15, 0.2) is 0 Å². The molecule has 0 aliphatic rings. The summed E-state index contributed by atoms with van der Waals surface area (Å²) in [6, 6.07) is 0. The molecule has 0 rings (SSSR count). The van der Waals surface area contributed by atoms with Gasteiger partial charge in [0, 0.05) is 6.92 Å². The van der Waals surface area contributed by atoms with Crippen molar-refractivity contribution >= 4 is 24.5 Å². The van der Waals surface area contributed by atoms with Crippen molar-refractivity contribution in [3.05, 3.63) is 0 Å². The maximum absolute atomic E-state index is 10.4. The van der Waals surface area contributed by atoms with Gasteiger partial charge in [-0.1, -0.05) is 0 Å². The summed E-state index contributed by atoms with van der Waals surface area (Å²) in [5.74, 6) is -0.439. The third kappa shape index (κ3) is 7.18. The van der Waals surface area contributed by atoms with E-state index in [1.54, 1.807) is 0 Å². The molecular weight excluding hydrogens is 166 g/mol. The van der Waals surface area contributed by atoms with Crippen molar-refractivity contribution in [2.45, 2.75) is 6.92 Å². The van der Waals surface area contributed by atoms with Gasteiger partial charge in [-0.05, 0) is 0 Å². The molecule has 4 nitrogen and oxygen atoms in total. The average molecular weight is 177 g/mol. The van der Waals surface area contributed by atoms with E-state index in [-0.39, 0.29) is 24.2 Å². The maximum Gasteiger partial charge on any atom is 0.315 e. The molecular formula is C6H11NO3S. The van der Waals surface area contributed by atoms with Gasteiger partial charge in [0.05, 0.1) is 12.3 Å². The number of amides is 1. The van der Waals surface area contributed by atoms with E-state index in [0.29, 0.717) is 6.54 Å². The van der Waals surface area contributed by atoms with Crippen molar-refractivity contribution in [3.63, 3.8) is 0 Å². The predicted molar refractivity (Wildman–Crippen MR) is 43.5 cm³/mol. The molecule has 0 saturated heterocycles. The lowest BCUT2D eigenvalue weighted by Crippen LogP contribution is -2.25. The minimum atomic E-state index is -0.376. The summed E-state index contributed by atoms with van der Waals surface area (Å²) in [5.41, 5.74) is 0. The van der Waals surface area contributed by atoms with E-state index in [9.17, 15) is 9.59 Å². The van der Waals surface area contributed by atoms with Gasteiger partial charge in [0.25, 0.3) is 0 Å². The molecule has 0 unspecified atom stereocenters. The maximum atomic E-state index is 10.4. The van der Waals surface area contributed by atoms with Crippen LogP contribution in [0.4, 0.5) is 0 Å². The summed E-state index contributed by atoms with van der Waals surface area (Å²) in [6.45, 7) is 1.97. The molecule has 0 fully saturated rings. The fourth-order valence-corrected chi connectivity index (χ4v) is 0.529. The lowest BCUT2D eigenvalue weighted by molar-refractivity contribution is -0.140. The first-order valence-corrected chi connectivity index (χ1v) is 3.81. The molecule has 0 bridgehead atoms. The number of esters is 1. The monoisotopic (exact) mass is 177 g/mol. The van der Waals surface area contributed by atoms with Crippen LogP contribution in [0, 0.1) is 0 Å². The smallest absolute Gasteiger partial charge is 0.315 e. The van der Waals surface area contributed by atoms with Crippen LogP contribution in [0.25, 0.3) is 0 Å². The number of ether oxygens (including phenoxy) is 1. The molecule has 0 spiro atoms. The van der Waals surface area contributed by atoms with Crippen LogP contribution in [-0.4, -0.2) is 30.8 Å². The summed E-state index contributed by atoms with van der Waals surface area (Å²) < 4.78 is 4.61. The second kappa shape index (κ2) is 6.03. The zero-order valence-corrected chi connectivity index (χ0v) is 7.19. The summed E-state index contributed by atoms with van der Waals surface area (Å²) in [5, 5.41) is 2.48.